The van der Waals surface area contributed by atoms with Crippen LogP contribution in [-0.2, 0) is 0 Å². The van der Waals surface area contributed by atoms with Gasteiger partial charge in [-0.15, -0.1) is 11.3 Å². The summed E-state index contributed by atoms with van der Waals surface area (Å²) >= 11 is 1.70. The van der Waals surface area contributed by atoms with E-state index in [1.54, 1.807) is 17.4 Å². The molecule has 0 radical (unpaired) electrons. The van der Waals surface area contributed by atoms with Crippen LogP contribution in [0.15, 0.2) is 48.9 Å². The molecule has 1 heteroatoms. The maximum atomic E-state index is 3.91. The molecular weight excluding hydrogens is 176 g/mol. The van der Waals surface area contributed by atoms with Crippen molar-refractivity contribution in [2.45, 2.75) is 13.8 Å². The maximum Gasteiger partial charge on any atom is 0.0336 e. The molecule has 0 saturated heterocycles. The average Bonchev–Trinajstić information content (AvgIpc) is 2.70. The fourth-order valence-electron chi connectivity index (χ4n) is 0.728. The van der Waals surface area contributed by atoms with Gasteiger partial charge in [0.05, 0.1) is 0 Å². The van der Waals surface area contributed by atoms with Gasteiger partial charge >= 0.3 is 0 Å². The second kappa shape index (κ2) is 7.56. The standard InChI is InChI=1S/C10H10S.C2H6/c1-3-4-6-9(2)10-7-5-8-11-10;1-2/h3-8H,1-2H2;1-2H3/b6-4-;. The summed E-state index contributed by atoms with van der Waals surface area (Å²) in [5.74, 6) is 0. The van der Waals surface area contributed by atoms with Crippen LogP contribution in [-0.4, -0.2) is 0 Å². The zero-order valence-corrected chi connectivity index (χ0v) is 9.10. The number of allylic oxidation sites excluding steroid dienone is 4. The van der Waals surface area contributed by atoms with E-state index >= 15 is 0 Å². The van der Waals surface area contributed by atoms with Crippen molar-refractivity contribution in [1.29, 1.82) is 0 Å². The molecule has 13 heavy (non-hydrogen) atoms. The Balaban J connectivity index is 0.000000671. The Morgan fingerprint density at radius 2 is 2.15 bits per heavy atom. The van der Waals surface area contributed by atoms with E-state index in [9.17, 15) is 0 Å². The largest absolute Gasteiger partial charge is 0.144 e. The Hall–Kier alpha value is -1.08. The van der Waals surface area contributed by atoms with E-state index < -0.39 is 0 Å². The molecule has 0 nitrogen and oxygen atoms in total. The Kier molecular flexibility index (Phi) is 6.93. The van der Waals surface area contributed by atoms with Crippen LogP contribution >= 0.6 is 11.3 Å². The Bertz CT molecular complexity index is 265. The van der Waals surface area contributed by atoms with Gasteiger partial charge in [0.2, 0.25) is 0 Å². The molecule has 0 N–H and O–H groups in total. The molecule has 1 aromatic rings. The first-order valence-electron chi connectivity index (χ1n) is 4.36. The van der Waals surface area contributed by atoms with E-state index in [1.165, 1.54) is 4.88 Å². The van der Waals surface area contributed by atoms with Crippen molar-refractivity contribution in [3.05, 3.63) is 53.8 Å². The van der Waals surface area contributed by atoms with E-state index in [0.717, 1.165) is 5.57 Å². The fourth-order valence-corrected chi connectivity index (χ4v) is 1.41. The van der Waals surface area contributed by atoms with E-state index in [2.05, 4.69) is 19.2 Å². The molecule has 1 aromatic heterocycles. The lowest BCUT2D eigenvalue weighted by molar-refractivity contribution is 1.50. The minimum Gasteiger partial charge on any atom is -0.144 e. The third-order valence-electron chi connectivity index (χ3n) is 1.27. The first-order chi connectivity index (χ1) is 6.34. The van der Waals surface area contributed by atoms with Crippen LogP contribution in [0.3, 0.4) is 0 Å². The maximum absolute atomic E-state index is 3.91. The topological polar surface area (TPSA) is 0 Å². The van der Waals surface area contributed by atoms with Gasteiger partial charge in [-0.1, -0.05) is 51.3 Å². The van der Waals surface area contributed by atoms with Gasteiger partial charge in [0.1, 0.15) is 0 Å². The van der Waals surface area contributed by atoms with Gasteiger partial charge in [-0.2, -0.15) is 0 Å². The van der Waals surface area contributed by atoms with Gasteiger partial charge in [0.15, 0.2) is 0 Å². The highest BCUT2D eigenvalue weighted by Gasteiger charge is 1.92. The van der Waals surface area contributed by atoms with Gasteiger partial charge < -0.3 is 0 Å². The minimum absolute atomic E-state index is 1.04. The Morgan fingerprint density at radius 1 is 1.46 bits per heavy atom. The van der Waals surface area contributed by atoms with Crippen molar-refractivity contribution in [1.82, 2.24) is 0 Å². The molecule has 0 bridgehead atoms. The van der Waals surface area contributed by atoms with E-state index in [1.807, 2.05) is 37.4 Å². The van der Waals surface area contributed by atoms with Crippen molar-refractivity contribution in [3.63, 3.8) is 0 Å². The number of rotatable bonds is 3. The van der Waals surface area contributed by atoms with Crippen molar-refractivity contribution in [2.75, 3.05) is 0 Å². The van der Waals surface area contributed by atoms with Crippen molar-refractivity contribution >= 4 is 16.9 Å². The Labute approximate surface area is 84.9 Å². The first-order valence-corrected chi connectivity index (χ1v) is 5.24. The molecule has 0 atom stereocenters. The number of hydrogen-bond acceptors (Lipinski definition) is 1. The van der Waals surface area contributed by atoms with Crippen LogP contribution in [0.5, 0.6) is 0 Å². The molecule has 0 aliphatic heterocycles. The third-order valence-corrected chi connectivity index (χ3v) is 2.22. The highest BCUT2D eigenvalue weighted by molar-refractivity contribution is 7.11. The third kappa shape index (κ3) is 4.48. The lowest BCUT2D eigenvalue weighted by Crippen LogP contribution is -1.67. The molecule has 0 aromatic carbocycles. The lowest BCUT2D eigenvalue weighted by Gasteiger charge is -1.91. The molecular formula is C12H16S. The van der Waals surface area contributed by atoms with Gasteiger partial charge in [0, 0.05) is 4.88 Å². The predicted octanol–water partition coefficient (Wildman–Crippen LogP) is 4.53. The molecule has 0 fully saturated rings. The SMILES string of the molecule is C=C/C=C\C(=C)c1cccs1.CC. The summed E-state index contributed by atoms with van der Waals surface area (Å²) in [5.41, 5.74) is 1.04. The molecule has 0 amide bonds. The predicted molar refractivity (Wildman–Crippen MR) is 64.0 cm³/mol. The smallest absolute Gasteiger partial charge is 0.0336 e. The molecule has 1 rings (SSSR count). The second-order valence-electron chi connectivity index (χ2n) is 2.10. The number of thiophene rings is 1. The summed E-state index contributed by atoms with van der Waals surface area (Å²) in [4.78, 5) is 1.21. The van der Waals surface area contributed by atoms with Gasteiger partial charge in [-0.25, -0.2) is 0 Å². The highest BCUT2D eigenvalue weighted by atomic mass is 32.1. The van der Waals surface area contributed by atoms with Crippen LogP contribution in [0.1, 0.15) is 18.7 Å². The quantitative estimate of drug-likeness (QED) is 0.617. The molecule has 0 aliphatic rings. The summed E-state index contributed by atoms with van der Waals surface area (Å²) < 4.78 is 0. The summed E-state index contributed by atoms with van der Waals surface area (Å²) in [6.45, 7) is 11.5. The van der Waals surface area contributed by atoms with Crippen LogP contribution in [0.25, 0.3) is 5.57 Å². The van der Waals surface area contributed by atoms with Crippen molar-refractivity contribution in [3.8, 4) is 0 Å². The number of hydrogen-bond donors (Lipinski definition) is 0. The van der Waals surface area contributed by atoms with Crippen LogP contribution in [0.2, 0.25) is 0 Å². The van der Waals surface area contributed by atoms with E-state index in [0.29, 0.717) is 0 Å². The molecule has 0 saturated carbocycles. The zero-order chi connectivity index (χ0) is 10.1. The normalized spacial score (nSPS) is 9.08. The molecule has 1 heterocycles. The van der Waals surface area contributed by atoms with Crippen LogP contribution in [0.4, 0.5) is 0 Å². The van der Waals surface area contributed by atoms with Gasteiger partial charge in [0.25, 0.3) is 0 Å². The fraction of sp³-hybridized carbons (Fsp3) is 0.167. The lowest BCUT2D eigenvalue weighted by atomic mass is 10.2. The monoisotopic (exact) mass is 192 g/mol. The Morgan fingerprint density at radius 3 is 2.62 bits per heavy atom. The van der Waals surface area contributed by atoms with E-state index in [-0.39, 0.29) is 0 Å². The van der Waals surface area contributed by atoms with Crippen LogP contribution < -0.4 is 0 Å². The minimum atomic E-state index is 1.04. The first kappa shape index (κ1) is 11.9. The molecule has 0 aliphatic carbocycles. The second-order valence-corrected chi connectivity index (χ2v) is 3.05. The molecule has 0 unspecified atom stereocenters. The van der Waals surface area contributed by atoms with Crippen molar-refractivity contribution in [2.24, 2.45) is 0 Å². The zero-order valence-electron chi connectivity index (χ0n) is 8.29. The summed E-state index contributed by atoms with van der Waals surface area (Å²) in [5, 5.41) is 2.04. The van der Waals surface area contributed by atoms with Crippen LogP contribution in [0, 0.1) is 0 Å². The van der Waals surface area contributed by atoms with Crippen molar-refractivity contribution < 1.29 is 0 Å². The summed E-state index contributed by atoms with van der Waals surface area (Å²) in [6, 6.07) is 4.08. The average molecular weight is 192 g/mol. The summed E-state index contributed by atoms with van der Waals surface area (Å²) in [7, 11) is 0. The summed E-state index contributed by atoms with van der Waals surface area (Å²) in [6.07, 6.45) is 5.60. The van der Waals surface area contributed by atoms with Gasteiger partial charge in [-0.05, 0) is 17.0 Å². The van der Waals surface area contributed by atoms with Gasteiger partial charge in [-0.3, -0.25) is 0 Å². The highest BCUT2D eigenvalue weighted by Crippen LogP contribution is 2.18. The van der Waals surface area contributed by atoms with E-state index in [4.69, 9.17) is 0 Å². The molecule has 0 spiro atoms. The molecule has 70 valence electrons.